The van der Waals surface area contributed by atoms with Gasteiger partial charge in [-0.1, -0.05) is 18.2 Å². The molecule has 1 heterocycles. The molecule has 0 radical (unpaired) electrons. The molecule has 98 valence electrons. The number of hydrogen-bond donors (Lipinski definition) is 2. The maximum absolute atomic E-state index is 11.7. The molecule has 0 aliphatic carbocycles. The number of carbonyl (C=O) groups is 2. The Labute approximate surface area is 112 Å². The van der Waals surface area contributed by atoms with Crippen LogP contribution in [0.4, 0.5) is 5.69 Å². The van der Waals surface area contributed by atoms with E-state index in [4.69, 9.17) is 0 Å². The minimum absolute atomic E-state index is 0. The summed E-state index contributed by atoms with van der Waals surface area (Å²) in [4.78, 5) is 24.7. The summed E-state index contributed by atoms with van der Waals surface area (Å²) >= 11 is 0. The van der Waals surface area contributed by atoms with Crippen molar-refractivity contribution in [2.24, 2.45) is 0 Å². The Kier molecular flexibility index (Phi) is 5.61. The first kappa shape index (κ1) is 14.5. The zero-order chi connectivity index (χ0) is 12.1. The van der Waals surface area contributed by atoms with Crippen molar-refractivity contribution in [2.75, 3.05) is 31.5 Å². The molecule has 1 aliphatic rings. The second-order valence-electron chi connectivity index (χ2n) is 3.91. The van der Waals surface area contributed by atoms with Crippen molar-refractivity contribution >= 4 is 29.9 Å². The Morgan fingerprint density at radius 1 is 1.33 bits per heavy atom. The second kappa shape index (κ2) is 6.98. The van der Waals surface area contributed by atoms with Gasteiger partial charge in [0.05, 0.1) is 13.1 Å². The molecule has 0 spiro atoms. The highest BCUT2D eigenvalue weighted by Gasteiger charge is 2.19. The maximum Gasteiger partial charge on any atom is 0.243 e. The molecule has 1 fully saturated rings. The van der Waals surface area contributed by atoms with Crippen LogP contribution < -0.4 is 10.6 Å². The van der Waals surface area contributed by atoms with E-state index in [0.29, 0.717) is 13.1 Å². The Balaban J connectivity index is 0.00000162. The SMILES string of the molecule is Cl.O=C(CN1CCNCC1=O)Nc1ccccc1. The van der Waals surface area contributed by atoms with E-state index < -0.39 is 0 Å². The Bertz CT molecular complexity index is 411. The number of halogens is 1. The number of amides is 2. The third kappa shape index (κ3) is 4.01. The average Bonchev–Trinajstić information content (AvgIpc) is 2.33. The summed E-state index contributed by atoms with van der Waals surface area (Å²) in [5.74, 6) is -0.189. The van der Waals surface area contributed by atoms with Gasteiger partial charge in [0.1, 0.15) is 0 Å². The molecule has 5 nitrogen and oxygen atoms in total. The molecule has 0 saturated carbocycles. The highest BCUT2D eigenvalue weighted by atomic mass is 35.5. The number of hydrogen-bond acceptors (Lipinski definition) is 3. The first-order valence-electron chi connectivity index (χ1n) is 5.59. The number of para-hydroxylation sites is 1. The van der Waals surface area contributed by atoms with Crippen molar-refractivity contribution in [1.29, 1.82) is 0 Å². The molecule has 1 aliphatic heterocycles. The summed E-state index contributed by atoms with van der Waals surface area (Å²) in [7, 11) is 0. The molecule has 0 bridgehead atoms. The zero-order valence-electron chi connectivity index (χ0n) is 9.89. The highest BCUT2D eigenvalue weighted by Crippen LogP contribution is 2.05. The van der Waals surface area contributed by atoms with E-state index in [1.165, 1.54) is 0 Å². The smallest absolute Gasteiger partial charge is 0.243 e. The molecule has 0 aromatic heterocycles. The van der Waals surface area contributed by atoms with E-state index in [1.54, 1.807) is 4.90 Å². The van der Waals surface area contributed by atoms with Crippen molar-refractivity contribution < 1.29 is 9.59 Å². The monoisotopic (exact) mass is 269 g/mol. The van der Waals surface area contributed by atoms with Gasteiger partial charge in [-0.3, -0.25) is 9.59 Å². The van der Waals surface area contributed by atoms with Gasteiger partial charge in [-0.05, 0) is 12.1 Å². The van der Waals surface area contributed by atoms with Crippen LogP contribution in [0.1, 0.15) is 0 Å². The number of nitrogens with zero attached hydrogens (tertiary/aromatic N) is 1. The van der Waals surface area contributed by atoms with Gasteiger partial charge in [0.15, 0.2) is 0 Å². The summed E-state index contributed by atoms with van der Waals surface area (Å²) in [6.45, 7) is 1.76. The fourth-order valence-electron chi connectivity index (χ4n) is 1.71. The van der Waals surface area contributed by atoms with E-state index in [2.05, 4.69) is 10.6 Å². The summed E-state index contributed by atoms with van der Waals surface area (Å²) in [6.07, 6.45) is 0. The molecule has 1 aromatic rings. The van der Waals surface area contributed by atoms with Crippen LogP contribution in [0.15, 0.2) is 30.3 Å². The minimum atomic E-state index is -0.161. The molecule has 18 heavy (non-hydrogen) atoms. The predicted molar refractivity (Wildman–Crippen MR) is 71.8 cm³/mol. The van der Waals surface area contributed by atoms with Gasteiger partial charge in [0.25, 0.3) is 0 Å². The van der Waals surface area contributed by atoms with Gasteiger partial charge in [-0.25, -0.2) is 0 Å². The van der Waals surface area contributed by atoms with Crippen LogP contribution in [0.2, 0.25) is 0 Å². The lowest BCUT2D eigenvalue weighted by atomic mass is 10.3. The van der Waals surface area contributed by atoms with Crippen LogP contribution >= 0.6 is 12.4 Å². The summed E-state index contributed by atoms with van der Waals surface area (Å²) in [5.41, 5.74) is 0.750. The van der Waals surface area contributed by atoms with Crippen molar-refractivity contribution in [2.45, 2.75) is 0 Å². The number of rotatable bonds is 3. The van der Waals surface area contributed by atoms with Gasteiger partial charge < -0.3 is 15.5 Å². The van der Waals surface area contributed by atoms with E-state index in [9.17, 15) is 9.59 Å². The fourth-order valence-corrected chi connectivity index (χ4v) is 1.71. The van der Waals surface area contributed by atoms with Gasteiger partial charge in [-0.15, -0.1) is 12.4 Å². The topological polar surface area (TPSA) is 61.4 Å². The number of benzene rings is 1. The Morgan fingerprint density at radius 2 is 2.06 bits per heavy atom. The maximum atomic E-state index is 11.7. The first-order valence-corrected chi connectivity index (χ1v) is 5.59. The van der Waals surface area contributed by atoms with Crippen LogP contribution in [0.25, 0.3) is 0 Å². The standard InChI is InChI=1S/C12H15N3O2.ClH/c16-11(14-10-4-2-1-3-5-10)9-15-7-6-13-8-12(15)17;/h1-5,13H,6-9H2,(H,14,16);1H. The molecule has 0 atom stereocenters. The summed E-state index contributed by atoms with van der Waals surface area (Å²) < 4.78 is 0. The summed E-state index contributed by atoms with van der Waals surface area (Å²) in [5, 5.41) is 5.72. The number of carbonyl (C=O) groups excluding carboxylic acids is 2. The molecule has 2 amide bonds. The van der Waals surface area contributed by atoms with Gasteiger partial charge in [-0.2, -0.15) is 0 Å². The van der Waals surface area contributed by atoms with Crippen LogP contribution in [0.5, 0.6) is 0 Å². The third-order valence-electron chi connectivity index (χ3n) is 2.58. The molecule has 6 heteroatoms. The van der Waals surface area contributed by atoms with E-state index >= 15 is 0 Å². The van der Waals surface area contributed by atoms with Gasteiger partial charge in [0.2, 0.25) is 11.8 Å². The molecule has 0 unspecified atom stereocenters. The molecule has 1 aromatic carbocycles. The van der Waals surface area contributed by atoms with Gasteiger partial charge >= 0.3 is 0 Å². The van der Waals surface area contributed by atoms with Crippen LogP contribution in [-0.2, 0) is 9.59 Å². The van der Waals surface area contributed by atoms with E-state index in [1.807, 2.05) is 30.3 Å². The lowest BCUT2D eigenvalue weighted by Gasteiger charge is -2.26. The van der Waals surface area contributed by atoms with Crippen molar-refractivity contribution in [3.63, 3.8) is 0 Å². The van der Waals surface area contributed by atoms with Gasteiger partial charge in [0, 0.05) is 18.8 Å². The molecule has 2 N–H and O–H groups in total. The van der Waals surface area contributed by atoms with Crippen LogP contribution in [-0.4, -0.2) is 42.9 Å². The number of piperazine rings is 1. The molecule has 1 saturated heterocycles. The quantitative estimate of drug-likeness (QED) is 0.839. The zero-order valence-corrected chi connectivity index (χ0v) is 10.7. The minimum Gasteiger partial charge on any atom is -0.331 e. The molecular weight excluding hydrogens is 254 g/mol. The molecular formula is C12H16ClN3O2. The lowest BCUT2D eigenvalue weighted by Crippen LogP contribution is -2.50. The number of anilines is 1. The van der Waals surface area contributed by atoms with Crippen LogP contribution in [0, 0.1) is 0 Å². The van der Waals surface area contributed by atoms with E-state index in [-0.39, 0.29) is 30.8 Å². The summed E-state index contributed by atoms with van der Waals surface area (Å²) in [6, 6.07) is 9.22. The van der Waals surface area contributed by atoms with E-state index in [0.717, 1.165) is 12.2 Å². The van der Waals surface area contributed by atoms with Crippen molar-refractivity contribution in [1.82, 2.24) is 10.2 Å². The van der Waals surface area contributed by atoms with Crippen LogP contribution in [0.3, 0.4) is 0 Å². The predicted octanol–water partition coefficient (Wildman–Crippen LogP) is 0.479. The third-order valence-corrected chi connectivity index (χ3v) is 2.58. The molecule has 2 rings (SSSR count). The Morgan fingerprint density at radius 3 is 2.72 bits per heavy atom. The lowest BCUT2D eigenvalue weighted by molar-refractivity contribution is -0.135. The Hall–Kier alpha value is -1.59. The van der Waals surface area contributed by atoms with Crippen molar-refractivity contribution in [3.05, 3.63) is 30.3 Å². The highest BCUT2D eigenvalue weighted by molar-refractivity contribution is 5.94. The van der Waals surface area contributed by atoms with Crippen molar-refractivity contribution in [3.8, 4) is 0 Å². The largest absolute Gasteiger partial charge is 0.331 e. The normalized spacial score (nSPS) is 14.9. The second-order valence-corrected chi connectivity index (χ2v) is 3.91. The average molecular weight is 270 g/mol. The fraction of sp³-hybridized carbons (Fsp3) is 0.333. The first-order chi connectivity index (χ1) is 8.25. The number of nitrogens with one attached hydrogen (secondary N) is 2.